The quantitative estimate of drug-likeness (QED) is 0.887. The average molecular weight is 333 g/mol. The highest BCUT2D eigenvalue weighted by atomic mass is 16.5. The van der Waals surface area contributed by atoms with E-state index in [1.165, 1.54) is 0 Å². The van der Waals surface area contributed by atoms with Crippen molar-refractivity contribution in [3.63, 3.8) is 0 Å². The van der Waals surface area contributed by atoms with Gasteiger partial charge in [0, 0.05) is 31.5 Å². The third kappa shape index (κ3) is 2.80. The summed E-state index contributed by atoms with van der Waals surface area (Å²) in [5, 5.41) is 20.4. The fourth-order valence-electron chi connectivity index (χ4n) is 4.09. The van der Waals surface area contributed by atoms with Crippen LogP contribution in [0.3, 0.4) is 0 Å². The van der Waals surface area contributed by atoms with Crippen LogP contribution in [0.4, 0.5) is 0 Å². The molecule has 1 spiro atoms. The van der Waals surface area contributed by atoms with E-state index in [0.29, 0.717) is 31.7 Å². The van der Waals surface area contributed by atoms with Crippen LogP contribution < -0.4 is 0 Å². The number of likely N-dealkylation sites (tertiary alicyclic amines) is 1. The van der Waals surface area contributed by atoms with Crippen LogP contribution in [0, 0.1) is 5.41 Å². The van der Waals surface area contributed by atoms with E-state index in [9.17, 15) is 15.0 Å². The molecule has 2 aliphatic rings. The van der Waals surface area contributed by atoms with Gasteiger partial charge in [0.25, 0.3) is 5.91 Å². The first kappa shape index (κ1) is 17.2. The predicted molar refractivity (Wildman–Crippen MR) is 91.1 cm³/mol. The minimum atomic E-state index is -0.330. The van der Waals surface area contributed by atoms with Crippen molar-refractivity contribution in [2.45, 2.75) is 51.7 Å². The second kappa shape index (κ2) is 6.73. The summed E-state index contributed by atoms with van der Waals surface area (Å²) >= 11 is 0. The Hall–Kier alpha value is -1.59. The first-order valence-electron chi connectivity index (χ1n) is 8.92. The molecule has 1 aliphatic carbocycles. The molecule has 5 nitrogen and oxygen atoms in total. The van der Waals surface area contributed by atoms with E-state index in [1.54, 1.807) is 17.0 Å². The number of carbonyl (C=O) groups is 1. The van der Waals surface area contributed by atoms with Crippen LogP contribution in [0.1, 0.15) is 49.0 Å². The summed E-state index contributed by atoms with van der Waals surface area (Å²) in [6.07, 6.45) is 2.79. The van der Waals surface area contributed by atoms with Gasteiger partial charge in [-0.15, -0.1) is 0 Å². The van der Waals surface area contributed by atoms with Gasteiger partial charge in [0.1, 0.15) is 5.75 Å². The summed E-state index contributed by atoms with van der Waals surface area (Å²) in [6, 6.07) is 5.26. The number of benzene rings is 1. The molecular formula is C19H27NO4. The fourth-order valence-corrected chi connectivity index (χ4v) is 4.09. The van der Waals surface area contributed by atoms with Crippen molar-refractivity contribution < 1.29 is 19.7 Å². The van der Waals surface area contributed by atoms with Gasteiger partial charge in [-0.1, -0.05) is 13.0 Å². The van der Waals surface area contributed by atoms with E-state index in [2.05, 4.69) is 0 Å². The number of piperidine rings is 1. The van der Waals surface area contributed by atoms with Crippen LogP contribution in [0.25, 0.3) is 0 Å². The van der Waals surface area contributed by atoms with Crippen LogP contribution in [-0.2, 0) is 11.2 Å². The van der Waals surface area contributed by atoms with Crippen molar-refractivity contribution in [2.75, 3.05) is 19.7 Å². The van der Waals surface area contributed by atoms with E-state index in [1.807, 2.05) is 19.9 Å². The predicted octanol–water partition coefficient (Wildman–Crippen LogP) is 2.35. The van der Waals surface area contributed by atoms with Crippen molar-refractivity contribution >= 4 is 5.91 Å². The van der Waals surface area contributed by atoms with E-state index >= 15 is 0 Å². The summed E-state index contributed by atoms with van der Waals surface area (Å²) in [5.74, 6) is -0.0812. The molecule has 1 aliphatic heterocycles. The molecule has 1 amide bonds. The molecule has 0 radical (unpaired) electrons. The SMILES string of the molecule is CCO[C@H]1C[C@H](O)C12CCN(C(=O)c1ccc(CC)cc1O)CC2. The number of ether oxygens (including phenoxy) is 1. The van der Waals surface area contributed by atoms with Gasteiger partial charge in [0.05, 0.1) is 17.8 Å². The molecule has 2 atom stereocenters. The molecule has 24 heavy (non-hydrogen) atoms. The molecule has 2 N–H and O–H groups in total. The number of amides is 1. The summed E-state index contributed by atoms with van der Waals surface area (Å²) in [5.41, 5.74) is 1.18. The maximum absolute atomic E-state index is 12.7. The Kier molecular flexibility index (Phi) is 4.83. The molecule has 1 aromatic rings. The zero-order valence-corrected chi connectivity index (χ0v) is 14.5. The first-order chi connectivity index (χ1) is 11.5. The molecule has 1 saturated heterocycles. The number of hydrogen-bond donors (Lipinski definition) is 2. The summed E-state index contributed by atoms with van der Waals surface area (Å²) in [6.45, 7) is 5.82. The lowest BCUT2D eigenvalue weighted by molar-refractivity contribution is -0.207. The Bertz CT molecular complexity index is 605. The van der Waals surface area contributed by atoms with Gasteiger partial charge in [-0.05, 0) is 43.9 Å². The first-order valence-corrected chi connectivity index (χ1v) is 8.92. The molecule has 0 bridgehead atoms. The lowest BCUT2D eigenvalue weighted by Gasteiger charge is -2.56. The van der Waals surface area contributed by atoms with Crippen LogP contribution in [0.2, 0.25) is 0 Å². The van der Waals surface area contributed by atoms with Gasteiger partial charge >= 0.3 is 0 Å². The largest absolute Gasteiger partial charge is 0.507 e. The summed E-state index contributed by atoms with van der Waals surface area (Å²) < 4.78 is 5.76. The van der Waals surface area contributed by atoms with Gasteiger partial charge in [-0.3, -0.25) is 4.79 Å². The molecular weight excluding hydrogens is 306 g/mol. The maximum atomic E-state index is 12.7. The highest BCUT2D eigenvalue weighted by Gasteiger charge is 2.56. The van der Waals surface area contributed by atoms with E-state index in [4.69, 9.17) is 4.74 Å². The summed E-state index contributed by atoms with van der Waals surface area (Å²) in [7, 11) is 0. The van der Waals surface area contributed by atoms with E-state index in [0.717, 1.165) is 24.8 Å². The molecule has 0 aromatic heterocycles. The van der Waals surface area contributed by atoms with Gasteiger partial charge in [-0.2, -0.15) is 0 Å². The highest BCUT2D eigenvalue weighted by molar-refractivity contribution is 5.97. The average Bonchev–Trinajstić information content (AvgIpc) is 2.61. The monoisotopic (exact) mass is 333 g/mol. The Morgan fingerprint density at radius 1 is 1.33 bits per heavy atom. The van der Waals surface area contributed by atoms with E-state index in [-0.39, 0.29) is 29.3 Å². The number of nitrogens with zero attached hydrogens (tertiary/aromatic N) is 1. The van der Waals surface area contributed by atoms with Crippen LogP contribution in [0.5, 0.6) is 5.75 Å². The topological polar surface area (TPSA) is 70.0 Å². The lowest BCUT2D eigenvalue weighted by atomic mass is 9.58. The number of phenolic OH excluding ortho intramolecular Hbond substituents is 1. The molecule has 132 valence electrons. The van der Waals surface area contributed by atoms with Gasteiger partial charge in [0.2, 0.25) is 0 Å². The highest BCUT2D eigenvalue weighted by Crippen LogP contribution is 2.51. The van der Waals surface area contributed by atoms with Crippen molar-refractivity contribution in [2.24, 2.45) is 5.41 Å². The standard InChI is InChI=1S/C19H27NO4/c1-3-13-5-6-14(15(21)11-13)18(23)20-9-7-19(8-10-20)16(22)12-17(19)24-4-2/h5-6,11,16-17,21-22H,3-4,7-10,12H2,1-2H3/t16-,17-/m0/s1. The normalized spacial score (nSPS) is 25.5. The Morgan fingerprint density at radius 2 is 2.04 bits per heavy atom. The third-order valence-electron chi connectivity index (χ3n) is 5.79. The zero-order valence-electron chi connectivity index (χ0n) is 14.5. The Balaban J connectivity index is 1.67. The van der Waals surface area contributed by atoms with Crippen LogP contribution in [-0.4, -0.2) is 52.9 Å². The number of aliphatic hydroxyl groups is 1. The number of phenols is 1. The molecule has 1 aromatic carbocycles. The fraction of sp³-hybridized carbons (Fsp3) is 0.632. The number of aliphatic hydroxyl groups excluding tert-OH is 1. The summed E-state index contributed by atoms with van der Waals surface area (Å²) in [4.78, 5) is 14.5. The lowest BCUT2D eigenvalue weighted by Crippen LogP contribution is -2.62. The Morgan fingerprint density at radius 3 is 2.58 bits per heavy atom. The number of aryl methyl sites for hydroxylation is 1. The van der Waals surface area contributed by atoms with Crippen molar-refractivity contribution in [3.8, 4) is 5.75 Å². The number of hydrogen-bond acceptors (Lipinski definition) is 4. The number of aromatic hydroxyl groups is 1. The molecule has 2 fully saturated rings. The van der Waals surface area contributed by atoms with Gasteiger partial charge in [-0.25, -0.2) is 0 Å². The van der Waals surface area contributed by atoms with Crippen molar-refractivity contribution in [1.82, 2.24) is 4.90 Å². The van der Waals surface area contributed by atoms with Gasteiger partial charge < -0.3 is 19.8 Å². The number of rotatable bonds is 4. The zero-order chi connectivity index (χ0) is 17.3. The Labute approximate surface area is 143 Å². The molecule has 1 heterocycles. The minimum absolute atomic E-state index is 0.0514. The maximum Gasteiger partial charge on any atom is 0.257 e. The molecule has 1 saturated carbocycles. The second-order valence-corrected chi connectivity index (χ2v) is 6.93. The number of carbonyl (C=O) groups excluding carboxylic acids is 1. The van der Waals surface area contributed by atoms with Crippen molar-refractivity contribution in [1.29, 1.82) is 0 Å². The smallest absolute Gasteiger partial charge is 0.257 e. The van der Waals surface area contributed by atoms with Crippen LogP contribution in [0.15, 0.2) is 18.2 Å². The van der Waals surface area contributed by atoms with Gasteiger partial charge in [0.15, 0.2) is 0 Å². The molecule has 0 unspecified atom stereocenters. The second-order valence-electron chi connectivity index (χ2n) is 6.93. The molecule has 5 heteroatoms. The van der Waals surface area contributed by atoms with Crippen molar-refractivity contribution in [3.05, 3.63) is 29.3 Å². The third-order valence-corrected chi connectivity index (χ3v) is 5.79. The molecule has 3 rings (SSSR count). The minimum Gasteiger partial charge on any atom is -0.507 e. The van der Waals surface area contributed by atoms with Crippen LogP contribution >= 0.6 is 0 Å². The van der Waals surface area contributed by atoms with E-state index < -0.39 is 0 Å².